The van der Waals surface area contributed by atoms with Crippen LogP contribution in [0.25, 0.3) is 10.9 Å². The number of H-pyrrole nitrogens is 1. The fourth-order valence-electron chi connectivity index (χ4n) is 1.96. The summed E-state index contributed by atoms with van der Waals surface area (Å²) in [5.74, 6) is -0.0246. The molecule has 0 saturated heterocycles. The predicted molar refractivity (Wildman–Crippen MR) is 80.7 cm³/mol. The summed E-state index contributed by atoms with van der Waals surface area (Å²) in [4.78, 5) is 3.14. The van der Waals surface area contributed by atoms with Crippen LogP contribution in [-0.4, -0.2) is 39.4 Å². The molecule has 0 aliphatic carbocycles. The maximum Gasteiger partial charge on any atom is 0.213 e. The van der Waals surface area contributed by atoms with Crippen LogP contribution in [0.1, 0.15) is 5.56 Å². The molecule has 0 saturated carbocycles. The Kier molecular flexibility index (Phi) is 5.04. The van der Waals surface area contributed by atoms with Crippen molar-refractivity contribution in [1.82, 2.24) is 9.71 Å². The number of hydrogen-bond donors (Lipinski definition) is 2. The van der Waals surface area contributed by atoms with E-state index in [2.05, 4.69) is 9.71 Å². The molecule has 0 aliphatic rings. The highest BCUT2D eigenvalue weighted by Crippen LogP contribution is 2.22. The third-order valence-corrected chi connectivity index (χ3v) is 4.59. The number of methoxy groups -OCH3 is 1. The van der Waals surface area contributed by atoms with Gasteiger partial charge in [0.25, 0.3) is 0 Å². The quantitative estimate of drug-likeness (QED) is 0.820. The summed E-state index contributed by atoms with van der Waals surface area (Å²) in [6.45, 7) is 0.545. The van der Waals surface area contributed by atoms with Crippen LogP contribution in [0.3, 0.4) is 0 Å². The summed E-state index contributed by atoms with van der Waals surface area (Å²) < 4.78 is 30.5. The highest BCUT2D eigenvalue weighted by Gasteiger charge is 2.10. The number of nitrogens with one attached hydrogen (secondary N) is 2. The van der Waals surface area contributed by atoms with Gasteiger partial charge in [0.05, 0.1) is 12.4 Å². The Bertz CT molecular complexity index is 682. The fraction of sp³-hybridized carbons (Fsp3) is 0.385. The average molecular weight is 317 g/mol. The van der Waals surface area contributed by atoms with Crippen molar-refractivity contribution in [2.45, 2.75) is 6.42 Å². The van der Waals surface area contributed by atoms with Crippen molar-refractivity contribution in [3.05, 3.63) is 35.0 Å². The van der Waals surface area contributed by atoms with Crippen molar-refractivity contribution in [2.24, 2.45) is 0 Å². The molecule has 2 aromatic rings. The third kappa shape index (κ3) is 3.96. The number of halogens is 1. The summed E-state index contributed by atoms with van der Waals surface area (Å²) in [5.41, 5.74) is 2.03. The molecule has 0 aliphatic heterocycles. The molecule has 110 valence electrons. The van der Waals surface area contributed by atoms with Crippen LogP contribution in [0.2, 0.25) is 5.02 Å². The summed E-state index contributed by atoms with van der Waals surface area (Å²) >= 11 is 5.97. The van der Waals surface area contributed by atoms with Crippen molar-refractivity contribution < 1.29 is 13.2 Å². The molecular formula is C13H17ClN2O3S. The van der Waals surface area contributed by atoms with Crippen LogP contribution in [0.4, 0.5) is 0 Å². The van der Waals surface area contributed by atoms with E-state index < -0.39 is 10.0 Å². The average Bonchev–Trinajstić information content (AvgIpc) is 2.79. The van der Waals surface area contributed by atoms with Crippen molar-refractivity contribution in [3.63, 3.8) is 0 Å². The monoisotopic (exact) mass is 316 g/mol. The normalized spacial score (nSPS) is 12.1. The zero-order chi connectivity index (χ0) is 14.6. The number of sulfonamides is 1. The molecule has 0 amide bonds. The summed E-state index contributed by atoms with van der Waals surface area (Å²) in [7, 11) is -1.79. The molecule has 0 fully saturated rings. The number of ether oxygens (including phenoxy) is 1. The Morgan fingerprint density at radius 2 is 2.20 bits per heavy atom. The van der Waals surface area contributed by atoms with Gasteiger partial charge in [0.2, 0.25) is 10.0 Å². The number of rotatable bonds is 7. The molecule has 0 unspecified atom stereocenters. The van der Waals surface area contributed by atoms with Crippen molar-refractivity contribution in [1.29, 1.82) is 0 Å². The highest BCUT2D eigenvalue weighted by molar-refractivity contribution is 7.89. The van der Waals surface area contributed by atoms with Gasteiger partial charge in [-0.3, -0.25) is 0 Å². The van der Waals surface area contributed by atoms with Crippen LogP contribution in [0.5, 0.6) is 0 Å². The third-order valence-electron chi connectivity index (χ3n) is 3.00. The molecule has 2 rings (SSSR count). The van der Waals surface area contributed by atoms with Gasteiger partial charge in [-0.1, -0.05) is 11.6 Å². The lowest BCUT2D eigenvalue weighted by Crippen LogP contribution is -2.29. The van der Waals surface area contributed by atoms with E-state index >= 15 is 0 Å². The van der Waals surface area contributed by atoms with E-state index in [1.165, 1.54) is 7.11 Å². The molecule has 0 bridgehead atoms. The maximum atomic E-state index is 11.6. The van der Waals surface area contributed by atoms with Crippen molar-refractivity contribution >= 4 is 32.5 Å². The van der Waals surface area contributed by atoms with Crippen LogP contribution >= 0.6 is 11.6 Å². The van der Waals surface area contributed by atoms with Gasteiger partial charge >= 0.3 is 0 Å². The van der Waals surface area contributed by atoms with E-state index in [1.54, 1.807) is 0 Å². The standard InChI is InChI=1S/C13H17ClN2O3S/c1-19-6-7-20(17,18)16-5-4-10-9-15-13-3-2-11(14)8-12(10)13/h2-3,8-9,15-16H,4-7H2,1H3. The summed E-state index contributed by atoms with van der Waals surface area (Å²) in [5, 5.41) is 1.69. The van der Waals surface area contributed by atoms with Crippen LogP contribution in [-0.2, 0) is 21.2 Å². The lowest BCUT2D eigenvalue weighted by molar-refractivity contribution is 0.217. The van der Waals surface area contributed by atoms with Gasteiger partial charge in [-0.05, 0) is 30.2 Å². The minimum absolute atomic E-state index is 0.0246. The zero-order valence-corrected chi connectivity index (χ0v) is 12.7. The molecule has 5 nitrogen and oxygen atoms in total. The second kappa shape index (κ2) is 6.58. The molecule has 2 N–H and O–H groups in total. The van der Waals surface area contributed by atoms with Crippen LogP contribution < -0.4 is 4.72 Å². The molecule has 0 atom stereocenters. The second-order valence-corrected chi connectivity index (χ2v) is 6.82. The lowest BCUT2D eigenvalue weighted by atomic mass is 10.1. The smallest absolute Gasteiger partial charge is 0.213 e. The first-order valence-electron chi connectivity index (χ1n) is 6.23. The van der Waals surface area contributed by atoms with Gasteiger partial charge in [0.1, 0.15) is 0 Å². The van der Waals surface area contributed by atoms with Gasteiger partial charge in [0.15, 0.2) is 0 Å². The summed E-state index contributed by atoms with van der Waals surface area (Å²) in [6, 6.07) is 5.60. The Balaban J connectivity index is 1.98. The first-order valence-corrected chi connectivity index (χ1v) is 8.26. The Labute approximate surface area is 123 Å². The Hall–Kier alpha value is -1.08. The van der Waals surface area contributed by atoms with Gasteiger partial charge in [0, 0.05) is 35.8 Å². The number of benzene rings is 1. The second-order valence-electron chi connectivity index (χ2n) is 4.46. The molecule has 1 aromatic carbocycles. The van der Waals surface area contributed by atoms with E-state index in [9.17, 15) is 8.42 Å². The molecule has 0 radical (unpaired) electrons. The van der Waals surface area contributed by atoms with Crippen molar-refractivity contribution in [2.75, 3.05) is 26.0 Å². The molecule has 0 spiro atoms. The van der Waals surface area contributed by atoms with Gasteiger partial charge in [-0.25, -0.2) is 13.1 Å². The Morgan fingerprint density at radius 3 is 2.95 bits per heavy atom. The van der Waals surface area contributed by atoms with E-state index in [4.69, 9.17) is 16.3 Å². The van der Waals surface area contributed by atoms with Crippen LogP contribution in [0.15, 0.2) is 24.4 Å². The summed E-state index contributed by atoms with van der Waals surface area (Å²) in [6.07, 6.45) is 2.48. The SMILES string of the molecule is COCCS(=O)(=O)NCCc1c[nH]c2ccc(Cl)cc12. The molecule has 7 heteroatoms. The van der Waals surface area contributed by atoms with E-state index in [1.807, 2.05) is 24.4 Å². The van der Waals surface area contributed by atoms with E-state index in [0.29, 0.717) is 18.0 Å². The largest absolute Gasteiger partial charge is 0.384 e. The lowest BCUT2D eigenvalue weighted by Gasteiger charge is -2.05. The number of fused-ring (bicyclic) bond motifs is 1. The highest BCUT2D eigenvalue weighted by atomic mass is 35.5. The Morgan fingerprint density at radius 1 is 1.40 bits per heavy atom. The van der Waals surface area contributed by atoms with Crippen molar-refractivity contribution in [3.8, 4) is 0 Å². The maximum absolute atomic E-state index is 11.6. The number of aromatic amines is 1. The zero-order valence-electron chi connectivity index (χ0n) is 11.1. The minimum atomic E-state index is -3.27. The van der Waals surface area contributed by atoms with Gasteiger partial charge < -0.3 is 9.72 Å². The molecule has 20 heavy (non-hydrogen) atoms. The minimum Gasteiger partial charge on any atom is -0.384 e. The first-order chi connectivity index (χ1) is 9.52. The molecular weight excluding hydrogens is 300 g/mol. The molecule has 1 heterocycles. The van der Waals surface area contributed by atoms with Gasteiger partial charge in [-0.2, -0.15) is 0 Å². The topological polar surface area (TPSA) is 71.2 Å². The number of aromatic nitrogens is 1. The van der Waals surface area contributed by atoms with E-state index in [-0.39, 0.29) is 12.4 Å². The van der Waals surface area contributed by atoms with Crippen LogP contribution in [0, 0.1) is 0 Å². The first kappa shape index (κ1) is 15.3. The fourth-order valence-corrected chi connectivity index (χ4v) is 3.08. The number of hydrogen-bond acceptors (Lipinski definition) is 3. The predicted octanol–water partition coefficient (Wildman–Crippen LogP) is 1.93. The van der Waals surface area contributed by atoms with Gasteiger partial charge in [-0.15, -0.1) is 0 Å². The molecule has 1 aromatic heterocycles. The van der Waals surface area contributed by atoms with E-state index in [0.717, 1.165) is 16.5 Å².